The highest BCUT2D eigenvalue weighted by Crippen LogP contribution is 2.35. The van der Waals surface area contributed by atoms with E-state index in [1.54, 1.807) is 26.0 Å². The Labute approximate surface area is 213 Å². The zero-order chi connectivity index (χ0) is 27.3. The number of amides is 1. The lowest BCUT2D eigenvalue weighted by molar-refractivity contribution is -0.170. The van der Waals surface area contributed by atoms with Crippen LogP contribution in [0.1, 0.15) is 48.9 Å². The molecule has 0 N–H and O–H groups in total. The number of ketones is 1. The molecule has 0 bridgehead atoms. The molecule has 0 aromatic heterocycles. The van der Waals surface area contributed by atoms with E-state index in [0.29, 0.717) is 22.6 Å². The van der Waals surface area contributed by atoms with Crippen molar-refractivity contribution in [2.75, 3.05) is 29.5 Å². The standard InChI is InChI=1S/C27H30F4N2O4/c1-4-37-24(35)12-10-19-9-11-22(14-23(19)28)33(26(36)27(29,30)31)16-21-8-7-20-6-5-13-32(15-17(2)34)25(20)18(21)3/h7-9,11,14H,4-6,10,12-13,15-16H2,1-3H3. The molecule has 0 fully saturated rings. The van der Waals surface area contributed by atoms with Crippen LogP contribution in [0.15, 0.2) is 30.3 Å². The zero-order valence-electron chi connectivity index (χ0n) is 21.1. The highest BCUT2D eigenvalue weighted by Gasteiger charge is 2.43. The fraction of sp³-hybridized carbons (Fsp3) is 0.444. The van der Waals surface area contributed by atoms with Crippen LogP contribution >= 0.6 is 0 Å². The van der Waals surface area contributed by atoms with Gasteiger partial charge in [0.05, 0.1) is 19.7 Å². The van der Waals surface area contributed by atoms with Gasteiger partial charge in [-0.05, 0) is 74.4 Å². The molecule has 37 heavy (non-hydrogen) atoms. The lowest BCUT2D eigenvalue weighted by Gasteiger charge is -2.34. The quantitative estimate of drug-likeness (QED) is 0.340. The largest absolute Gasteiger partial charge is 0.471 e. The third kappa shape index (κ3) is 6.87. The van der Waals surface area contributed by atoms with Gasteiger partial charge in [-0.1, -0.05) is 18.2 Å². The molecule has 3 rings (SSSR count). The van der Waals surface area contributed by atoms with Crippen molar-refractivity contribution in [3.05, 3.63) is 58.4 Å². The van der Waals surface area contributed by atoms with Crippen LogP contribution in [-0.2, 0) is 38.5 Å². The SMILES string of the molecule is CCOC(=O)CCc1ccc(N(Cc2ccc3c(c2C)N(CC(C)=O)CCC3)C(=O)C(F)(F)F)cc1F. The summed E-state index contributed by atoms with van der Waals surface area (Å²) in [7, 11) is 0. The minimum atomic E-state index is -5.18. The summed E-state index contributed by atoms with van der Waals surface area (Å²) in [5.41, 5.74) is 2.78. The molecular formula is C27H30F4N2O4. The molecule has 1 amide bonds. The number of hydrogen-bond donors (Lipinski definition) is 0. The van der Waals surface area contributed by atoms with E-state index < -0.39 is 30.4 Å². The Bertz CT molecular complexity index is 1180. The van der Waals surface area contributed by atoms with Gasteiger partial charge in [-0.2, -0.15) is 13.2 Å². The van der Waals surface area contributed by atoms with Gasteiger partial charge in [0.15, 0.2) is 0 Å². The number of nitrogens with zero attached hydrogens (tertiary/aromatic N) is 2. The molecule has 6 nitrogen and oxygen atoms in total. The highest BCUT2D eigenvalue weighted by atomic mass is 19.4. The maximum Gasteiger partial charge on any atom is 0.471 e. The number of carbonyl (C=O) groups excluding carboxylic acids is 3. The van der Waals surface area contributed by atoms with Gasteiger partial charge in [0, 0.05) is 24.3 Å². The van der Waals surface area contributed by atoms with Gasteiger partial charge in [-0.15, -0.1) is 0 Å². The van der Waals surface area contributed by atoms with Crippen LogP contribution in [0.3, 0.4) is 0 Å². The van der Waals surface area contributed by atoms with Crippen LogP contribution in [0.5, 0.6) is 0 Å². The van der Waals surface area contributed by atoms with Crippen molar-refractivity contribution >= 4 is 29.0 Å². The summed E-state index contributed by atoms with van der Waals surface area (Å²) in [6.45, 7) is 5.44. The van der Waals surface area contributed by atoms with Crippen molar-refractivity contribution in [3.63, 3.8) is 0 Å². The van der Waals surface area contributed by atoms with E-state index in [-0.39, 0.29) is 43.0 Å². The van der Waals surface area contributed by atoms with Gasteiger partial charge in [-0.25, -0.2) is 4.39 Å². The van der Waals surface area contributed by atoms with E-state index in [2.05, 4.69) is 0 Å². The molecular weight excluding hydrogens is 492 g/mol. The Morgan fingerprint density at radius 2 is 1.81 bits per heavy atom. The number of esters is 1. The number of rotatable bonds is 9. The van der Waals surface area contributed by atoms with E-state index in [0.717, 1.165) is 30.2 Å². The van der Waals surface area contributed by atoms with Crippen molar-refractivity contribution in [1.29, 1.82) is 0 Å². The maximum atomic E-state index is 14.8. The number of ether oxygens (including phenoxy) is 1. The predicted molar refractivity (Wildman–Crippen MR) is 131 cm³/mol. The first-order valence-corrected chi connectivity index (χ1v) is 12.1. The average Bonchev–Trinajstić information content (AvgIpc) is 2.82. The molecule has 0 radical (unpaired) electrons. The molecule has 0 saturated carbocycles. The minimum absolute atomic E-state index is 0.00801. The van der Waals surface area contributed by atoms with E-state index in [9.17, 15) is 31.9 Å². The normalized spacial score (nSPS) is 13.2. The van der Waals surface area contributed by atoms with Crippen molar-refractivity contribution in [1.82, 2.24) is 0 Å². The Morgan fingerprint density at radius 1 is 1.11 bits per heavy atom. The first-order valence-electron chi connectivity index (χ1n) is 12.1. The number of hydrogen-bond acceptors (Lipinski definition) is 5. The first-order chi connectivity index (χ1) is 17.4. The molecule has 10 heteroatoms. The van der Waals surface area contributed by atoms with Crippen molar-refractivity contribution < 1.29 is 36.7 Å². The van der Waals surface area contributed by atoms with Crippen molar-refractivity contribution in [2.24, 2.45) is 0 Å². The lowest BCUT2D eigenvalue weighted by Crippen LogP contribution is -2.41. The lowest BCUT2D eigenvalue weighted by atomic mass is 9.94. The van der Waals surface area contributed by atoms with E-state index in [4.69, 9.17) is 4.74 Å². The summed E-state index contributed by atoms with van der Waals surface area (Å²) in [5, 5.41) is 0. The smallest absolute Gasteiger partial charge is 0.466 e. The van der Waals surface area contributed by atoms with Gasteiger partial charge >= 0.3 is 18.1 Å². The molecule has 2 aromatic carbocycles. The number of anilines is 2. The number of benzene rings is 2. The van der Waals surface area contributed by atoms with E-state index in [1.165, 1.54) is 19.1 Å². The number of carbonyl (C=O) groups is 3. The molecule has 0 aliphatic carbocycles. The molecule has 0 unspecified atom stereocenters. The van der Waals surface area contributed by atoms with Crippen molar-refractivity contribution in [3.8, 4) is 0 Å². The molecule has 1 aliphatic rings. The van der Waals surface area contributed by atoms with Crippen LogP contribution in [0, 0.1) is 12.7 Å². The summed E-state index contributed by atoms with van der Waals surface area (Å²) in [6, 6.07) is 6.86. The summed E-state index contributed by atoms with van der Waals surface area (Å²) in [6.07, 6.45) is -3.63. The molecule has 0 saturated heterocycles. The average molecular weight is 523 g/mol. The summed E-state index contributed by atoms with van der Waals surface area (Å²) in [5.74, 6) is -3.49. The van der Waals surface area contributed by atoms with E-state index in [1.807, 2.05) is 4.90 Å². The zero-order valence-corrected chi connectivity index (χ0v) is 21.1. The van der Waals surface area contributed by atoms with Gasteiger partial charge in [0.25, 0.3) is 0 Å². The number of aryl methyl sites for hydroxylation is 2. The summed E-state index contributed by atoms with van der Waals surface area (Å²) < 4.78 is 60.3. The fourth-order valence-corrected chi connectivity index (χ4v) is 4.59. The predicted octanol–water partition coefficient (Wildman–Crippen LogP) is 5.07. The Hall–Kier alpha value is -3.43. The van der Waals surface area contributed by atoms with Gasteiger partial charge in [-0.3, -0.25) is 14.4 Å². The summed E-state index contributed by atoms with van der Waals surface area (Å²) in [4.78, 5) is 38.2. The fourth-order valence-electron chi connectivity index (χ4n) is 4.59. The second kappa shape index (κ2) is 11.7. The second-order valence-corrected chi connectivity index (χ2v) is 9.05. The maximum absolute atomic E-state index is 14.8. The monoisotopic (exact) mass is 522 g/mol. The van der Waals surface area contributed by atoms with Crippen LogP contribution in [-0.4, -0.2) is 43.5 Å². The van der Waals surface area contributed by atoms with Gasteiger partial charge < -0.3 is 14.5 Å². The van der Waals surface area contributed by atoms with Crippen LogP contribution in [0.25, 0.3) is 0 Å². The third-order valence-electron chi connectivity index (χ3n) is 6.30. The minimum Gasteiger partial charge on any atom is -0.466 e. The molecule has 2 aromatic rings. The molecule has 200 valence electrons. The molecule has 1 aliphatic heterocycles. The topological polar surface area (TPSA) is 66.9 Å². The number of fused-ring (bicyclic) bond motifs is 1. The van der Waals surface area contributed by atoms with E-state index >= 15 is 0 Å². The number of halogens is 4. The van der Waals surface area contributed by atoms with Crippen molar-refractivity contribution in [2.45, 2.75) is 59.2 Å². The highest BCUT2D eigenvalue weighted by molar-refractivity contribution is 5.97. The first kappa shape index (κ1) is 28.1. The summed E-state index contributed by atoms with van der Waals surface area (Å²) >= 11 is 0. The molecule has 0 spiro atoms. The van der Waals surface area contributed by atoms with Crippen LogP contribution in [0.4, 0.5) is 28.9 Å². The van der Waals surface area contributed by atoms with Gasteiger partial charge in [0.1, 0.15) is 11.6 Å². The van der Waals surface area contributed by atoms with Crippen LogP contribution < -0.4 is 9.80 Å². The van der Waals surface area contributed by atoms with Gasteiger partial charge in [0.2, 0.25) is 0 Å². The number of Topliss-reactive ketones (excluding diaryl/α,β-unsaturated/α-hetero) is 1. The molecule has 0 atom stereocenters. The third-order valence-corrected chi connectivity index (χ3v) is 6.30. The molecule has 1 heterocycles. The Balaban J connectivity index is 1.95. The van der Waals surface area contributed by atoms with Crippen LogP contribution in [0.2, 0.25) is 0 Å². The Kier molecular flexibility index (Phi) is 8.94. The Morgan fingerprint density at radius 3 is 2.43 bits per heavy atom. The number of alkyl halides is 3. The second-order valence-electron chi connectivity index (χ2n) is 9.05.